The Morgan fingerprint density at radius 2 is 2.16 bits per heavy atom. The number of benzene rings is 1. The summed E-state index contributed by atoms with van der Waals surface area (Å²) in [5, 5.41) is 7.65. The molecule has 0 aliphatic carbocycles. The Labute approximate surface area is 145 Å². The smallest absolute Gasteiger partial charge is 0.414 e. The van der Waals surface area contributed by atoms with E-state index in [1.807, 2.05) is 32.0 Å². The van der Waals surface area contributed by atoms with Crippen LogP contribution in [-0.2, 0) is 22.5 Å². The quantitative estimate of drug-likeness (QED) is 0.844. The molecule has 2 aliphatic rings. The van der Waals surface area contributed by atoms with Gasteiger partial charge in [-0.3, -0.25) is 9.69 Å². The minimum atomic E-state index is -0.380. The summed E-state index contributed by atoms with van der Waals surface area (Å²) in [6.07, 6.45) is 3.03. The second-order valence-electron chi connectivity index (χ2n) is 6.59. The third-order valence-electron chi connectivity index (χ3n) is 4.50. The topological polar surface area (TPSA) is 80.6 Å². The van der Waals surface area contributed by atoms with Crippen molar-refractivity contribution in [1.82, 2.24) is 15.0 Å². The van der Waals surface area contributed by atoms with Crippen LogP contribution in [0.25, 0.3) is 0 Å². The molecule has 2 amide bonds. The maximum absolute atomic E-state index is 12.2. The maximum Gasteiger partial charge on any atom is 0.414 e. The Morgan fingerprint density at radius 1 is 1.32 bits per heavy atom. The van der Waals surface area contributed by atoms with Crippen LogP contribution in [0.2, 0.25) is 0 Å². The van der Waals surface area contributed by atoms with Gasteiger partial charge in [0.05, 0.1) is 25.7 Å². The number of anilines is 2. The van der Waals surface area contributed by atoms with Crippen LogP contribution in [0.1, 0.15) is 19.4 Å². The third kappa shape index (κ3) is 2.73. The summed E-state index contributed by atoms with van der Waals surface area (Å²) in [4.78, 5) is 27.8. The van der Waals surface area contributed by atoms with Gasteiger partial charge >= 0.3 is 6.09 Å². The van der Waals surface area contributed by atoms with Crippen LogP contribution in [0.4, 0.5) is 16.2 Å². The fourth-order valence-electron chi connectivity index (χ4n) is 3.43. The molecule has 1 aromatic carbocycles. The first kappa shape index (κ1) is 15.6. The van der Waals surface area contributed by atoms with Gasteiger partial charge in [-0.05, 0) is 37.6 Å². The van der Waals surface area contributed by atoms with Crippen LogP contribution in [0.5, 0.6) is 0 Å². The van der Waals surface area contributed by atoms with E-state index in [0.717, 1.165) is 16.9 Å². The van der Waals surface area contributed by atoms with E-state index in [1.54, 1.807) is 26.9 Å². The summed E-state index contributed by atoms with van der Waals surface area (Å²) in [5.41, 5.74) is 2.63. The molecule has 2 aliphatic heterocycles. The summed E-state index contributed by atoms with van der Waals surface area (Å²) in [7, 11) is 0. The number of amides is 2. The van der Waals surface area contributed by atoms with E-state index in [2.05, 4.69) is 10.3 Å². The molecule has 1 aromatic heterocycles. The van der Waals surface area contributed by atoms with E-state index in [1.165, 1.54) is 0 Å². The predicted octanol–water partition coefficient (Wildman–Crippen LogP) is 1.60. The molecule has 0 N–H and O–H groups in total. The number of aromatic nitrogens is 3. The minimum Gasteiger partial charge on any atom is -0.442 e. The molecule has 0 spiro atoms. The molecule has 8 heteroatoms. The van der Waals surface area contributed by atoms with Crippen molar-refractivity contribution in [3.05, 3.63) is 36.2 Å². The molecule has 0 radical (unpaired) electrons. The zero-order valence-corrected chi connectivity index (χ0v) is 14.1. The third-order valence-corrected chi connectivity index (χ3v) is 4.50. The van der Waals surface area contributed by atoms with E-state index >= 15 is 0 Å². The van der Waals surface area contributed by atoms with Crippen molar-refractivity contribution >= 4 is 23.4 Å². The van der Waals surface area contributed by atoms with Crippen molar-refractivity contribution in [2.75, 3.05) is 16.3 Å². The van der Waals surface area contributed by atoms with Crippen molar-refractivity contribution in [3.63, 3.8) is 0 Å². The zero-order valence-electron chi connectivity index (χ0n) is 14.1. The highest BCUT2D eigenvalue weighted by atomic mass is 16.6. The number of cyclic esters (lactones) is 1. The maximum atomic E-state index is 12.2. The lowest BCUT2D eigenvalue weighted by Crippen LogP contribution is -2.33. The van der Waals surface area contributed by atoms with Gasteiger partial charge < -0.3 is 9.64 Å². The Bertz CT molecular complexity index is 818. The standard InChI is InChI=1S/C17H19N5O3/c1-11(2)22-15-4-3-13(7-12(15)8-16(22)23)21-10-14(25-17(21)24)9-20-6-5-18-19-20/h3-7,11,14H,8-10H2,1-2H3/t14-/m0/s1. The van der Waals surface area contributed by atoms with Gasteiger partial charge in [-0.2, -0.15) is 0 Å². The van der Waals surface area contributed by atoms with Gasteiger partial charge in [-0.15, -0.1) is 5.10 Å². The molecule has 130 valence electrons. The van der Waals surface area contributed by atoms with Crippen molar-refractivity contribution < 1.29 is 14.3 Å². The SMILES string of the molecule is CC(C)N1C(=O)Cc2cc(N3C[C@H](Cn4ccnn4)OC3=O)ccc21. The van der Waals surface area contributed by atoms with Crippen molar-refractivity contribution in [2.45, 2.75) is 39.0 Å². The van der Waals surface area contributed by atoms with E-state index in [4.69, 9.17) is 4.74 Å². The summed E-state index contributed by atoms with van der Waals surface area (Å²) in [6.45, 7) is 4.90. The fraction of sp³-hybridized carbons (Fsp3) is 0.412. The molecule has 25 heavy (non-hydrogen) atoms. The van der Waals surface area contributed by atoms with Gasteiger partial charge in [0.2, 0.25) is 5.91 Å². The fourth-order valence-corrected chi connectivity index (χ4v) is 3.43. The minimum absolute atomic E-state index is 0.0928. The lowest BCUT2D eigenvalue weighted by molar-refractivity contribution is -0.117. The van der Waals surface area contributed by atoms with Crippen LogP contribution in [0, 0.1) is 0 Å². The molecular weight excluding hydrogens is 322 g/mol. The Morgan fingerprint density at radius 3 is 2.88 bits per heavy atom. The molecular formula is C17H19N5O3. The van der Waals surface area contributed by atoms with Gasteiger partial charge in [0.15, 0.2) is 0 Å². The number of hydrogen-bond acceptors (Lipinski definition) is 5. The molecule has 0 saturated carbocycles. The molecule has 1 atom stereocenters. The second kappa shape index (κ2) is 5.87. The molecule has 1 fully saturated rings. The first-order chi connectivity index (χ1) is 12.0. The molecule has 0 unspecified atom stereocenters. The number of carbonyl (C=O) groups is 2. The average Bonchev–Trinajstić information content (AvgIpc) is 3.25. The Hall–Kier alpha value is -2.90. The number of ether oxygens (including phenoxy) is 1. The first-order valence-electron chi connectivity index (χ1n) is 8.30. The predicted molar refractivity (Wildman–Crippen MR) is 90.4 cm³/mol. The molecule has 4 rings (SSSR count). The Kier molecular flexibility index (Phi) is 3.67. The van der Waals surface area contributed by atoms with Gasteiger partial charge in [0.1, 0.15) is 6.10 Å². The van der Waals surface area contributed by atoms with E-state index in [-0.39, 0.29) is 24.1 Å². The highest BCUT2D eigenvalue weighted by Gasteiger charge is 2.35. The highest BCUT2D eigenvalue weighted by Crippen LogP contribution is 2.34. The lowest BCUT2D eigenvalue weighted by atomic mass is 10.1. The number of fused-ring (bicyclic) bond motifs is 1. The Balaban J connectivity index is 1.54. The van der Waals surface area contributed by atoms with Gasteiger partial charge in [-0.1, -0.05) is 5.21 Å². The monoisotopic (exact) mass is 341 g/mol. The molecule has 8 nitrogen and oxygen atoms in total. The van der Waals surface area contributed by atoms with Crippen LogP contribution < -0.4 is 9.80 Å². The summed E-state index contributed by atoms with van der Waals surface area (Å²) in [5.74, 6) is 0.0928. The largest absolute Gasteiger partial charge is 0.442 e. The molecule has 2 aromatic rings. The van der Waals surface area contributed by atoms with Crippen molar-refractivity contribution in [2.24, 2.45) is 0 Å². The second-order valence-corrected chi connectivity index (χ2v) is 6.59. The molecule has 1 saturated heterocycles. The van der Waals surface area contributed by atoms with Gasteiger partial charge in [-0.25, -0.2) is 9.48 Å². The normalized spacial score (nSPS) is 19.7. The van der Waals surface area contributed by atoms with E-state index < -0.39 is 0 Å². The first-order valence-corrected chi connectivity index (χ1v) is 8.30. The summed E-state index contributed by atoms with van der Waals surface area (Å²) in [6, 6.07) is 5.80. The van der Waals surface area contributed by atoms with Crippen LogP contribution in [0.3, 0.4) is 0 Å². The van der Waals surface area contributed by atoms with Crippen LogP contribution in [0.15, 0.2) is 30.6 Å². The highest BCUT2D eigenvalue weighted by molar-refractivity contribution is 6.02. The average molecular weight is 341 g/mol. The summed E-state index contributed by atoms with van der Waals surface area (Å²) >= 11 is 0. The molecule has 0 bridgehead atoms. The van der Waals surface area contributed by atoms with Crippen LogP contribution in [-0.4, -0.2) is 45.7 Å². The number of hydrogen-bond donors (Lipinski definition) is 0. The van der Waals surface area contributed by atoms with E-state index in [9.17, 15) is 9.59 Å². The number of carbonyl (C=O) groups excluding carboxylic acids is 2. The lowest BCUT2D eigenvalue weighted by Gasteiger charge is -2.22. The van der Waals surface area contributed by atoms with Crippen molar-refractivity contribution in [3.8, 4) is 0 Å². The number of rotatable bonds is 4. The summed E-state index contributed by atoms with van der Waals surface area (Å²) < 4.78 is 7.06. The van der Waals surface area contributed by atoms with Crippen molar-refractivity contribution in [1.29, 1.82) is 0 Å². The van der Waals surface area contributed by atoms with E-state index in [0.29, 0.717) is 19.5 Å². The molecule has 3 heterocycles. The number of nitrogens with zero attached hydrogens (tertiary/aromatic N) is 5. The van der Waals surface area contributed by atoms with Gasteiger partial charge in [0, 0.05) is 23.6 Å². The van der Waals surface area contributed by atoms with Gasteiger partial charge in [0.25, 0.3) is 0 Å². The zero-order chi connectivity index (χ0) is 17.6. The van der Waals surface area contributed by atoms with Crippen LogP contribution >= 0.6 is 0 Å².